The first-order valence-electron chi connectivity index (χ1n) is 10.7. The van der Waals surface area contributed by atoms with Gasteiger partial charge in [-0.3, -0.25) is 0 Å². The lowest BCUT2D eigenvalue weighted by atomic mass is 9.84. The summed E-state index contributed by atoms with van der Waals surface area (Å²) in [5.74, 6) is 1.33. The zero-order chi connectivity index (χ0) is 23.3. The number of hydrogen-bond acceptors (Lipinski definition) is 8. The van der Waals surface area contributed by atoms with Gasteiger partial charge in [-0.15, -0.1) is 0 Å². The van der Waals surface area contributed by atoms with Gasteiger partial charge in [0.1, 0.15) is 17.2 Å². The summed E-state index contributed by atoms with van der Waals surface area (Å²) in [6.45, 7) is 12.1. The first kappa shape index (κ1) is 22.0. The number of esters is 1. The summed E-state index contributed by atoms with van der Waals surface area (Å²) in [7, 11) is 0. The molecule has 4 rings (SSSR count). The zero-order valence-electron chi connectivity index (χ0n) is 19.3. The van der Waals surface area contributed by atoms with Gasteiger partial charge in [0.05, 0.1) is 23.3 Å². The molecule has 0 saturated heterocycles. The molecule has 0 radical (unpaired) electrons. The number of nitrogens with zero attached hydrogens (tertiary/aromatic N) is 3. The molecule has 1 aliphatic heterocycles. The van der Waals surface area contributed by atoms with Gasteiger partial charge in [-0.2, -0.15) is 0 Å². The van der Waals surface area contributed by atoms with E-state index in [9.17, 15) is 4.79 Å². The lowest BCUT2D eigenvalue weighted by Crippen LogP contribution is -2.39. The molecule has 0 saturated carbocycles. The summed E-state index contributed by atoms with van der Waals surface area (Å²) in [6.07, 6.45) is 3.48. The Morgan fingerprint density at radius 2 is 1.94 bits per heavy atom. The Labute approximate surface area is 187 Å². The molecule has 0 aliphatic carbocycles. The minimum absolute atomic E-state index is 0.0500. The Kier molecular flexibility index (Phi) is 5.29. The van der Waals surface area contributed by atoms with E-state index in [0.717, 1.165) is 16.3 Å². The molecular weight excluding hydrogens is 406 g/mol. The predicted octanol–water partition coefficient (Wildman–Crippen LogP) is 4.41. The van der Waals surface area contributed by atoms with E-state index in [4.69, 9.17) is 20.2 Å². The number of hydrogen-bond donors (Lipinski definition) is 2. The summed E-state index contributed by atoms with van der Waals surface area (Å²) in [5.41, 5.74) is 7.27. The lowest BCUT2D eigenvalue weighted by molar-refractivity contribution is -0.0189. The second-order valence-corrected chi connectivity index (χ2v) is 9.22. The van der Waals surface area contributed by atoms with E-state index >= 15 is 0 Å². The van der Waals surface area contributed by atoms with Crippen LogP contribution in [0.5, 0.6) is 5.88 Å². The van der Waals surface area contributed by atoms with Crippen LogP contribution >= 0.6 is 0 Å². The zero-order valence-corrected chi connectivity index (χ0v) is 19.3. The Balaban J connectivity index is 1.76. The van der Waals surface area contributed by atoms with Crippen LogP contribution in [0.4, 0.5) is 11.6 Å². The third kappa shape index (κ3) is 3.86. The van der Waals surface area contributed by atoms with Crippen LogP contribution in [0.1, 0.15) is 69.1 Å². The van der Waals surface area contributed by atoms with Gasteiger partial charge >= 0.3 is 5.97 Å². The highest BCUT2D eigenvalue weighted by Gasteiger charge is 2.40. The van der Waals surface area contributed by atoms with Gasteiger partial charge in [-0.1, -0.05) is 6.92 Å². The van der Waals surface area contributed by atoms with Crippen molar-refractivity contribution in [3.63, 3.8) is 0 Å². The number of carbonyl (C=O) groups excluding carboxylic acids is 1. The monoisotopic (exact) mass is 435 g/mol. The second-order valence-electron chi connectivity index (χ2n) is 9.22. The van der Waals surface area contributed by atoms with Crippen LogP contribution in [0, 0.1) is 0 Å². The van der Waals surface area contributed by atoms with Crippen molar-refractivity contribution in [1.29, 1.82) is 0 Å². The molecule has 3 aromatic rings. The van der Waals surface area contributed by atoms with Crippen molar-refractivity contribution in [3.8, 4) is 5.88 Å². The molecule has 8 heteroatoms. The molecule has 4 heterocycles. The van der Waals surface area contributed by atoms with E-state index in [1.165, 1.54) is 0 Å². The summed E-state index contributed by atoms with van der Waals surface area (Å²) in [6, 6.07) is 5.42. The van der Waals surface area contributed by atoms with Gasteiger partial charge in [0, 0.05) is 23.9 Å². The van der Waals surface area contributed by atoms with Crippen molar-refractivity contribution < 1.29 is 14.3 Å². The highest BCUT2D eigenvalue weighted by molar-refractivity contribution is 5.93. The van der Waals surface area contributed by atoms with Crippen molar-refractivity contribution in [2.45, 2.75) is 58.6 Å². The number of rotatable bonds is 5. The van der Waals surface area contributed by atoms with E-state index in [0.29, 0.717) is 35.4 Å². The quantitative estimate of drug-likeness (QED) is 0.567. The second kappa shape index (κ2) is 7.70. The SMILES string of the molecule is CCOc1ncc(C(C)(C)N)c2cc(Nc3ccc4c(n3)[C@@H](C)C(C)(C)OC4=O)ncc12. The third-order valence-corrected chi connectivity index (χ3v) is 5.92. The fraction of sp³-hybridized carbons (Fsp3) is 0.417. The molecule has 0 fully saturated rings. The molecular formula is C24H29N5O3. The molecule has 8 nitrogen and oxygen atoms in total. The number of carbonyl (C=O) groups is 1. The number of nitrogens with one attached hydrogen (secondary N) is 1. The largest absolute Gasteiger partial charge is 0.477 e. The summed E-state index contributed by atoms with van der Waals surface area (Å²) < 4.78 is 11.2. The Bertz CT molecular complexity index is 1200. The number of nitrogens with two attached hydrogens (primary N) is 1. The van der Waals surface area contributed by atoms with Gasteiger partial charge < -0.3 is 20.5 Å². The lowest BCUT2D eigenvalue weighted by Gasteiger charge is -2.36. The molecule has 3 N–H and O–H groups in total. The molecule has 0 aromatic carbocycles. The molecule has 0 unspecified atom stereocenters. The highest BCUT2D eigenvalue weighted by Crippen LogP contribution is 2.38. The van der Waals surface area contributed by atoms with Crippen LogP contribution in [-0.4, -0.2) is 33.1 Å². The minimum atomic E-state index is -0.624. The minimum Gasteiger partial charge on any atom is -0.477 e. The molecule has 0 spiro atoms. The van der Waals surface area contributed by atoms with E-state index in [-0.39, 0.29) is 11.9 Å². The summed E-state index contributed by atoms with van der Waals surface area (Å²) in [4.78, 5) is 26.0. The molecule has 168 valence electrons. The standard InChI is InChI=1S/C24H29N5O3/c1-7-31-21-16-11-26-19(10-15(16)17(12-27-21)23(3,4)25)28-18-9-8-14-20(29-18)13(2)24(5,6)32-22(14)30/h8-13H,7,25H2,1-6H3,(H,26,28,29)/t13-/m1/s1. The fourth-order valence-corrected chi connectivity index (χ4v) is 3.83. The Hall–Kier alpha value is -3.26. The average Bonchev–Trinajstić information content (AvgIpc) is 2.71. The molecule has 0 amide bonds. The van der Waals surface area contributed by atoms with Gasteiger partial charge in [0.15, 0.2) is 0 Å². The Morgan fingerprint density at radius 1 is 1.19 bits per heavy atom. The van der Waals surface area contributed by atoms with Crippen molar-refractivity contribution in [3.05, 3.63) is 47.4 Å². The number of anilines is 2. The number of aromatic nitrogens is 3. The summed E-state index contributed by atoms with van der Waals surface area (Å²) in [5, 5.41) is 4.97. The highest BCUT2D eigenvalue weighted by atomic mass is 16.6. The average molecular weight is 436 g/mol. The first-order valence-corrected chi connectivity index (χ1v) is 10.7. The van der Waals surface area contributed by atoms with Crippen LogP contribution in [-0.2, 0) is 10.3 Å². The maximum Gasteiger partial charge on any atom is 0.340 e. The van der Waals surface area contributed by atoms with Crippen LogP contribution in [0.15, 0.2) is 30.6 Å². The molecule has 1 atom stereocenters. The van der Waals surface area contributed by atoms with Gasteiger partial charge in [0.2, 0.25) is 5.88 Å². The normalized spacial score (nSPS) is 17.6. The molecule has 0 bridgehead atoms. The van der Waals surface area contributed by atoms with Gasteiger partial charge in [0.25, 0.3) is 0 Å². The fourth-order valence-electron chi connectivity index (χ4n) is 3.83. The van der Waals surface area contributed by atoms with Crippen molar-refractivity contribution in [1.82, 2.24) is 15.0 Å². The van der Waals surface area contributed by atoms with Crippen LogP contribution in [0.2, 0.25) is 0 Å². The van der Waals surface area contributed by atoms with Crippen LogP contribution < -0.4 is 15.8 Å². The maximum atomic E-state index is 12.4. The van der Waals surface area contributed by atoms with Gasteiger partial charge in [-0.25, -0.2) is 19.7 Å². The predicted molar refractivity (Wildman–Crippen MR) is 123 cm³/mol. The van der Waals surface area contributed by atoms with Crippen molar-refractivity contribution in [2.75, 3.05) is 11.9 Å². The van der Waals surface area contributed by atoms with E-state index in [1.54, 1.807) is 24.5 Å². The third-order valence-electron chi connectivity index (χ3n) is 5.92. The van der Waals surface area contributed by atoms with E-state index in [2.05, 4.69) is 15.3 Å². The maximum absolute atomic E-state index is 12.4. The van der Waals surface area contributed by atoms with Crippen molar-refractivity contribution >= 4 is 28.4 Å². The molecule has 1 aliphatic rings. The molecule has 3 aromatic heterocycles. The smallest absolute Gasteiger partial charge is 0.340 e. The van der Waals surface area contributed by atoms with Crippen LogP contribution in [0.3, 0.4) is 0 Å². The van der Waals surface area contributed by atoms with Crippen LogP contribution in [0.25, 0.3) is 10.8 Å². The van der Waals surface area contributed by atoms with Crippen molar-refractivity contribution in [2.24, 2.45) is 5.73 Å². The first-order chi connectivity index (χ1) is 15.0. The van der Waals surface area contributed by atoms with Gasteiger partial charge in [-0.05, 0) is 63.8 Å². The number of cyclic esters (lactones) is 1. The molecule has 32 heavy (non-hydrogen) atoms. The number of ether oxygens (including phenoxy) is 2. The van der Waals surface area contributed by atoms with E-state index in [1.807, 2.05) is 47.6 Å². The topological polar surface area (TPSA) is 112 Å². The number of fused-ring (bicyclic) bond motifs is 2. The summed E-state index contributed by atoms with van der Waals surface area (Å²) >= 11 is 0. The Morgan fingerprint density at radius 3 is 2.62 bits per heavy atom. The van der Waals surface area contributed by atoms with E-state index < -0.39 is 11.1 Å². The number of pyridine rings is 3.